The van der Waals surface area contributed by atoms with E-state index >= 15 is 0 Å². The predicted octanol–water partition coefficient (Wildman–Crippen LogP) is 2.74. The van der Waals surface area contributed by atoms with Gasteiger partial charge in [0.25, 0.3) is 0 Å². The zero-order valence-corrected chi connectivity index (χ0v) is 18.1. The molecule has 1 aromatic rings. The Kier molecular flexibility index (Phi) is 8.35. The van der Waals surface area contributed by atoms with Crippen molar-refractivity contribution in [1.29, 1.82) is 0 Å². The third-order valence-electron chi connectivity index (χ3n) is 6.00. The standard InChI is InChI=1S/C23H37N5O/c1-3-22(29)28-15-12-21(18-28)26-23(24-2)25-16-19-8-10-20(11-9-19)17-27-13-6-4-5-7-14-27/h8-11,21H,3-7,12-18H2,1-2H3,(H2,24,25,26). The molecule has 160 valence electrons. The summed E-state index contributed by atoms with van der Waals surface area (Å²) in [4.78, 5) is 20.7. The Bertz CT molecular complexity index is 664. The summed E-state index contributed by atoms with van der Waals surface area (Å²) >= 11 is 0. The molecule has 2 saturated heterocycles. The highest BCUT2D eigenvalue weighted by atomic mass is 16.2. The molecule has 0 bridgehead atoms. The Morgan fingerprint density at radius 1 is 1.07 bits per heavy atom. The number of hydrogen-bond donors (Lipinski definition) is 2. The van der Waals surface area contributed by atoms with Gasteiger partial charge in [0.2, 0.25) is 5.91 Å². The van der Waals surface area contributed by atoms with E-state index in [-0.39, 0.29) is 11.9 Å². The van der Waals surface area contributed by atoms with E-state index in [0.29, 0.717) is 6.42 Å². The molecular weight excluding hydrogens is 362 g/mol. The maximum atomic E-state index is 11.8. The third-order valence-corrected chi connectivity index (χ3v) is 6.00. The van der Waals surface area contributed by atoms with Gasteiger partial charge in [-0.15, -0.1) is 0 Å². The van der Waals surface area contributed by atoms with Crippen LogP contribution < -0.4 is 10.6 Å². The van der Waals surface area contributed by atoms with Gasteiger partial charge in [0.15, 0.2) is 5.96 Å². The van der Waals surface area contributed by atoms with Crippen LogP contribution in [0.25, 0.3) is 0 Å². The lowest BCUT2D eigenvalue weighted by molar-refractivity contribution is -0.129. The predicted molar refractivity (Wildman–Crippen MR) is 119 cm³/mol. The Balaban J connectivity index is 1.43. The molecule has 0 radical (unpaired) electrons. The molecule has 0 aliphatic carbocycles. The summed E-state index contributed by atoms with van der Waals surface area (Å²) in [5.74, 6) is 1.03. The number of aliphatic imine (C=N–C) groups is 1. The lowest BCUT2D eigenvalue weighted by Crippen LogP contribution is -2.44. The average molecular weight is 400 g/mol. The topological polar surface area (TPSA) is 60.0 Å². The number of amides is 1. The highest BCUT2D eigenvalue weighted by molar-refractivity contribution is 5.80. The zero-order valence-electron chi connectivity index (χ0n) is 18.1. The maximum absolute atomic E-state index is 11.8. The first-order chi connectivity index (χ1) is 14.2. The van der Waals surface area contributed by atoms with Crippen LogP contribution >= 0.6 is 0 Å². The Hall–Kier alpha value is -2.08. The zero-order chi connectivity index (χ0) is 20.5. The number of carbonyl (C=O) groups is 1. The number of rotatable bonds is 6. The highest BCUT2D eigenvalue weighted by Gasteiger charge is 2.25. The first-order valence-corrected chi connectivity index (χ1v) is 11.2. The van der Waals surface area contributed by atoms with Crippen molar-refractivity contribution in [2.75, 3.05) is 33.2 Å². The SMILES string of the molecule is CCC(=O)N1CCC(NC(=NC)NCc2ccc(CN3CCCCCC3)cc2)C1. The van der Waals surface area contributed by atoms with Gasteiger partial charge in [-0.05, 0) is 43.5 Å². The second-order valence-electron chi connectivity index (χ2n) is 8.26. The number of likely N-dealkylation sites (tertiary alicyclic amines) is 2. The van der Waals surface area contributed by atoms with Crippen LogP contribution in [0.3, 0.4) is 0 Å². The molecule has 29 heavy (non-hydrogen) atoms. The molecule has 0 saturated carbocycles. The van der Waals surface area contributed by atoms with E-state index in [0.717, 1.165) is 38.6 Å². The fraction of sp³-hybridized carbons (Fsp3) is 0.652. The molecule has 2 fully saturated rings. The van der Waals surface area contributed by atoms with Crippen LogP contribution in [0.2, 0.25) is 0 Å². The van der Waals surface area contributed by atoms with Crippen molar-refractivity contribution in [3.63, 3.8) is 0 Å². The largest absolute Gasteiger partial charge is 0.352 e. The maximum Gasteiger partial charge on any atom is 0.222 e. The number of nitrogens with zero attached hydrogens (tertiary/aromatic N) is 3. The normalized spacial score (nSPS) is 21.1. The van der Waals surface area contributed by atoms with Crippen molar-refractivity contribution in [2.24, 2.45) is 4.99 Å². The number of guanidine groups is 1. The first-order valence-electron chi connectivity index (χ1n) is 11.2. The number of nitrogens with one attached hydrogen (secondary N) is 2. The summed E-state index contributed by atoms with van der Waals surface area (Å²) in [6, 6.07) is 9.20. The van der Waals surface area contributed by atoms with Crippen LogP contribution in [-0.4, -0.2) is 60.9 Å². The van der Waals surface area contributed by atoms with Crippen LogP contribution in [0, 0.1) is 0 Å². The van der Waals surface area contributed by atoms with E-state index in [1.165, 1.54) is 49.9 Å². The van der Waals surface area contributed by atoms with Crippen molar-refractivity contribution in [2.45, 2.75) is 64.6 Å². The second kappa shape index (κ2) is 11.2. The summed E-state index contributed by atoms with van der Waals surface area (Å²) in [5, 5.41) is 6.86. The van der Waals surface area contributed by atoms with Crippen molar-refractivity contribution in [1.82, 2.24) is 20.4 Å². The summed E-state index contributed by atoms with van der Waals surface area (Å²) in [5.41, 5.74) is 2.64. The van der Waals surface area contributed by atoms with E-state index < -0.39 is 0 Å². The lowest BCUT2D eigenvalue weighted by atomic mass is 10.1. The molecule has 0 spiro atoms. The summed E-state index contributed by atoms with van der Waals surface area (Å²) < 4.78 is 0. The number of benzene rings is 1. The van der Waals surface area contributed by atoms with E-state index in [1.54, 1.807) is 7.05 Å². The number of carbonyl (C=O) groups excluding carboxylic acids is 1. The first kappa shape index (κ1) is 21.6. The van der Waals surface area contributed by atoms with E-state index in [1.807, 2.05) is 11.8 Å². The Labute approximate surface area is 175 Å². The molecule has 1 atom stereocenters. The van der Waals surface area contributed by atoms with Crippen molar-refractivity contribution >= 4 is 11.9 Å². The highest BCUT2D eigenvalue weighted by Crippen LogP contribution is 2.14. The van der Waals surface area contributed by atoms with Crippen molar-refractivity contribution in [3.05, 3.63) is 35.4 Å². The molecule has 1 unspecified atom stereocenters. The van der Waals surface area contributed by atoms with E-state index in [9.17, 15) is 4.79 Å². The minimum absolute atomic E-state index is 0.234. The molecule has 2 N–H and O–H groups in total. The average Bonchev–Trinajstić information content (AvgIpc) is 3.07. The molecular formula is C23H37N5O. The molecule has 0 aromatic heterocycles. The number of hydrogen-bond acceptors (Lipinski definition) is 3. The van der Waals surface area contributed by atoms with Crippen LogP contribution in [0.15, 0.2) is 29.3 Å². The van der Waals surface area contributed by atoms with Gasteiger partial charge in [-0.1, -0.05) is 44.0 Å². The second-order valence-corrected chi connectivity index (χ2v) is 8.26. The fourth-order valence-corrected chi connectivity index (χ4v) is 4.22. The minimum atomic E-state index is 0.234. The van der Waals surface area contributed by atoms with Crippen molar-refractivity contribution < 1.29 is 4.79 Å². The molecule has 2 aliphatic heterocycles. The summed E-state index contributed by atoms with van der Waals surface area (Å²) in [6.07, 6.45) is 6.97. The molecule has 1 aromatic carbocycles. The monoisotopic (exact) mass is 399 g/mol. The third kappa shape index (κ3) is 6.74. The van der Waals surface area contributed by atoms with Crippen LogP contribution in [-0.2, 0) is 17.9 Å². The van der Waals surface area contributed by atoms with Gasteiger partial charge < -0.3 is 15.5 Å². The van der Waals surface area contributed by atoms with Crippen LogP contribution in [0.5, 0.6) is 0 Å². The smallest absolute Gasteiger partial charge is 0.222 e. The summed E-state index contributed by atoms with van der Waals surface area (Å²) in [6.45, 7) is 7.78. The minimum Gasteiger partial charge on any atom is -0.352 e. The molecule has 3 rings (SSSR count). The molecule has 2 aliphatic rings. The van der Waals surface area contributed by atoms with Gasteiger partial charge in [-0.2, -0.15) is 0 Å². The van der Waals surface area contributed by atoms with Crippen molar-refractivity contribution in [3.8, 4) is 0 Å². The molecule has 2 heterocycles. The lowest BCUT2D eigenvalue weighted by Gasteiger charge is -2.20. The quantitative estimate of drug-likeness (QED) is 0.570. The van der Waals surface area contributed by atoms with Crippen LogP contribution in [0.1, 0.15) is 56.6 Å². The van der Waals surface area contributed by atoms with Gasteiger partial charge in [0, 0.05) is 45.7 Å². The van der Waals surface area contributed by atoms with Gasteiger partial charge in [0.05, 0.1) is 0 Å². The fourth-order valence-electron chi connectivity index (χ4n) is 4.22. The van der Waals surface area contributed by atoms with Gasteiger partial charge >= 0.3 is 0 Å². The van der Waals surface area contributed by atoms with E-state index in [2.05, 4.69) is 44.8 Å². The Morgan fingerprint density at radius 3 is 2.41 bits per heavy atom. The summed E-state index contributed by atoms with van der Waals surface area (Å²) in [7, 11) is 1.80. The molecule has 1 amide bonds. The molecule has 6 heteroatoms. The van der Waals surface area contributed by atoms with E-state index in [4.69, 9.17) is 0 Å². The van der Waals surface area contributed by atoms with Crippen LogP contribution in [0.4, 0.5) is 0 Å². The van der Waals surface area contributed by atoms with Gasteiger partial charge in [-0.25, -0.2) is 0 Å². The Morgan fingerprint density at radius 2 is 1.76 bits per heavy atom. The van der Waals surface area contributed by atoms with Gasteiger partial charge in [-0.3, -0.25) is 14.7 Å². The van der Waals surface area contributed by atoms with Gasteiger partial charge in [0.1, 0.15) is 0 Å². The molecule has 6 nitrogen and oxygen atoms in total.